The third-order valence-electron chi connectivity index (χ3n) is 2.96. The molecule has 1 rings (SSSR count). The van der Waals surface area contributed by atoms with Gasteiger partial charge in [-0.3, -0.25) is 4.79 Å². The molecule has 1 saturated heterocycles. The number of carbonyl (C=O) groups excluding carboxylic acids is 1. The molecule has 1 atom stereocenters. The Labute approximate surface area is 91.3 Å². The second kappa shape index (κ2) is 6.93. The molecule has 0 aromatic rings. The molecule has 0 amide bonds. The zero-order valence-electron chi connectivity index (χ0n) is 9.28. The number of rotatable bonds is 6. The van der Waals surface area contributed by atoms with E-state index in [9.17, 15) is 4.79 Å². The van der Waals surface area contributed by atoms with Gasteiger partial charge in [0, 0.05) is 19.1 Å². The molecule has 4 N–H and O–H groups in total. The molecule has 0 aromatic heterocycles. The van der Waals surface area contributed by atoms with Crippen molar-refractivity contribution < 1.29 is 9.53 Å². The highest BCUT2D eigenvalue weighted by molar-refractivity contribution is 5.86. The van der Waals surface area contributed by atoms with Crippen molar-refractivity contribution in [1.82, 2.24) is 0 Å². The van der Waals surface area contributed by atoms with Gasteiger partial charge in [0.2, 0.25) is 0 Å². The minimum atomic E-state index is -0.292. The van der Waals surface area contributed by atoms with Crippen LogP contribution in [-0.4, -0.2) is 31.6 Å². The predicted octanol–water partition coefficient (Wildman–Crippen LogP) is 0.438. The van der Waals surface area contributed by atoms with Crippen molar-refractivity contribution in [3.05, 3.63) is 0 Å². The third-order valence-corrected chi connectivity index (χ3v) is 2.96. The van der Waals surface area contributed by atoms with Crippen LogP contribution in [-0.2, 0) is 9.53 Å². The van der Waals surface area contributed by atoms with Gasteiger partial charge in [0.1, 0.15) is 0 Å². The van der Waals surface area contributed by atoms with E-state index < -0.39 is 0 Å². The number of hydrogen-bond donors (Lipinski definition) is 2. The van der Waals surface area contributed by atoms with Crippen LogP contribution in [0.4, 0.5) is 0 Å². The van der Waals surface area contributed by atoms with Crippen molar-refractivity contribution in [3.8, 4) is 0 Å². The molecule has 1 fully saturated rings. The van der Waals surface area contributed by atoms with E-state index in [1.807, 2.05) is 0 Å². The molecule has 0 unspecified atom stereocenters. The predicted molar refractivity (Wildman–Crippen MR) is 59.4 cm³/mol. The largest absolute Gasteiger partial charge is 0.381 e. The van der Waals surface area contributed by atoms with Crippen molar-refractivity contribution in [2.75, 3.05) is 19.8 Å². The monoisotopic (exact) mass is 214 g/mol. The fourth-order valence-electron chi connectivity index (χ4n) is 1.94. The average Bonchev–Trinajstić information content (AvgIpc) is 2.29. The SMILES string of the molecule is NCCCC[C@H](N)C(=O)C1CCOCC1. The smallest absolute Gasteiger partial charge is 0.152 e. The Kier molecular flexibility index (Phi) is 5.83. The standard InChI is InChI=1S/C11H22N2O2/c12-6-2-1-3-10(13)11(14)9-4-7-15-8-5-9/h9-10H,1-8,12-13H2/t10-/m0/s1. The lowest BCUT2D eigenvalue weighted by Crippen LogP contribution is -2.38. The van der Waals surface area contributed by atoms with E-state index in [2.05, 4.69) is 0 Å². The molecule has 4 heteroatoms. The number of Topliss-reactive ketones (excluding diaryl/α,β-unsaturated/α-hetero) is 1. The number of ether oxygens (including phenoxy) is 1. The number of hydrogen-bond acceptors (Lipinski definition) is 4. The van der Waals surface area contributed by atoms with E-state index in [1.165, 1.54) is 0 Å². The molecule has 0 aromatic carbocycles. The Bertz CT molecular complexity index is 191. The first-order chi connectivity index (χ1) is 7.25. The average molecular weight is 214 g/mol. The van der Waals surface area contributed by atoms with E-state index in [4.69, 9.17) is 16.2 Å². The van der Waals surface area contributed by atoms with Gasteiger partial charge < -0.3 is 16.2 Å². The Morgan fingerprint density at radius 2 is 2.00 bits per heavy atom. The summed E-state index contributed by atoms with van der Waals surface area (Å²) in [7, 11) is 0. The zero-order chi connectivity index (χ0) is 11.1. The molecule has 4 nitrogen and oxygen atoms in total. The van der Waals surface area contributed by atoms with Crippen molar-refractivity contribution in [3.63, 3.8) is 0 Å². The molecular formula is C11H22N2O2. The maximum absolute atomic E-state index is 11.9. The van der Waals surface area contributed by atoms with Crippen LogP contribution < -0.4 is 11.5 Å². The van der Waals surface area contributed by atoms with E-state index in [-0.39, 0.29) is 17.7 Å². The minimum absolute atomic E-state index is 0.131. The van der Waals surface area contributed by atoms with Gasteiger partial charge in [-0.15, -0.1) is 0 Å². The van der Waals surface area contributed by atoms with E-state index >= 15 is 0 Å². The summed E-state index contributed by atoms with van der Waals surface area (Å²) in [6.07, 6.45) is 4.35. The number of ketones is 1. The molecular weight excluding hydrogens is 192 g/mol. The van der Waals surface area contributed by atoms with Crippen LogP contribution in [0, 0.1) is 5.92 Å². The van der Waals surface area contributed by atoms with E-state index in [1.54, 1.807) is 0 Å². The minimum Gasteiger partial charge on any atom is -0.381 e. The van der Waals surface area contributed by atoms with Crippen LogP contribution >= 0.6 is 0 Å². The maximum atomic E-state index is 11.9. The van der Waals surface area contributed by atoms with Gasteiger partial charge in [-0.05, 0) is 32.2 Å². The molecule has 1 aliphatic heterocycles. The fourth-order valence-corrected chi connectivity index (χ4v) is 1.94. The molecule has 0 bridgehead atoms. The number of unbranched alkanes of at least 4 members (excludes halogenated alkanes) is 1. The van der Waals surface area contributed by atoms with E-state index in [0.717, 1.165) is 32.1 Å². The lowest BCUT2D eigenvalue weighted by molar-refractivity contribution is -0.127. The summed E-state index contributed by atoms with van der Waals surface area (Å²) in [6, 6.07) is -0.292. The van der Waals surface area contributed by atoms with Crippen LogP contribution in [0.5, 0.6) is 0 Å². The van der Waals surface area contributed by atoms with Gasteiger partial charge in [-0.25, -0.2) is 0 Å². The highest BCUT2D eigenvalue weighted by atomic mass is 16.5. The third kappa shape index (κ3) is 4.28. The zero-order valence-corrected chi connectivity index (χ0v) is 9.28. The molecule has 0 aliphatic carbocycles. The van der Waals surface area contributed by atoms with Crippen LogP contribution in [0.15, 0.2) is 0 Å². The lowest BCUT2D eigenvalue weighted by atomic mass is 9.89. The first kappa shape index (κ1) is 12.6. The topological polar surface area (TPSA) is 78.3 Å². The molecule has 1 aliphatic rings. The van der Waals surface area contributed by atoms with Crippen LogP contribution in [0.3, 0.4) is 0 Å². The summed E-state index contributed by atoms with van der Waals surface area (Å²) in [5.41, 5.74) is 11.2. The Balaban J connectivity index is 2.24. The summed E-state index contributed by atoms with van der Waals surface area (Å²) in [5, 5.41) is 0. The molecule has 1 heterocycles. The van der Waals surface area contributed by atoms with Crippen LogP contribution in [0.2, 0.25) is 0 Å². The Morgan fingerprint density at radius 3 is 2.60 bits per heavy atom. The van der Waals surface area contributed by atoms with Gasteiger partial charge in [0.05, 0.1) is 6.04 Å². The summed E-state index contributed by atoms with van der Waals surface area (Å²) >= 11 is 0. The number of nitrogens with two attached hydrogens (primary N) is 2. The van der Waals surface area contributed by atoms with Crippen LogP contribution in [0.25, 0.3) is 0 Å². The fraction of sp³-hybridized carbons (Fsp3) is 0.909. The first-order valence-electron chi connectivity index (χ1n) is 5.83. The van der Waals surface area contributed by atoms with E-state index in [0.29, 0.717) is 19.8 Å². The van der Waals surface area contributed by atoms with Gasteiger partial charge in [-0.2, -0.15) is 0 Å². The second-order valence-electron chi connectivity index (χ2n) is 4.18. The van der Waals surface area contributed by atoms with Crippen LogP contribution in [0.1, 0.15) is 32.1 Å². The molecule has 15 heavy (non-hydrogen) atoms. The molecule has 0 radical (unpaired) electrons. The maximum Gasteiger partial charge on any atom is 0.152 e. The summed E-state index contributed by atoms with van der Waals surface area (Å²) in [6.45, 7) is 2.08. The summed E-state index contributed by atoms with van der Waals surface area (Å²) < 4.78 is 5.22. The highest BCUT2D eigenvalue weighted by Gasteiger charge is 2.25. The van der Waals surface area contributed by atoms with Gasteiger partial charge in [-0.1, -0.05) is 6.42 Å². The quantitative estimate of drug-likeness (QED) is 0.629. The normalized spacial score (nSPS) is 20.1. The highest BCUT2D eigenvalue weighted by Crippen LogP contribution is 2.18. The van der Waals surface area contributed by atoms with Crippen molar-refractivity contribution >= 4 is 5.78 Å². The lowest BCUT2D eigenvalue weighted by Gasteiger charge is -2.23. The van der Waals surface area contributed by atoms with Crippen molar-refractivity contribution in [1.29, 1.82) is 0 Å². The molecule has 88 valence electrons. The summed E-state index contributed by atoms with van der Waals surface area (Å²) in [4.78, 5) is 11.9. The first-order valence-corrected chi connectivity index (χ1v) is 5.83. The second-order valence-corrected chi connectivity index (χ2v) is 4.18. The number of carbonyl (C=O) groups is 1. The van der Waals surface area contributed by atoms with Gasteiger partial charge in [0.15, 0.2) is 5.78 Å². The Morgan fingerprint density at radius 1 is 1.33 bits per heavy atom. The molecule has 0 spiro atoms. The van der Waals surface area contributed by atoms with Gasteiger partial charge >= 0.3 is 0 Å². The van der Waals surface area contributed by atoms with Gasteiger partial charge in [0.25, 0.3) is 0 Å². The van der Waals surface area contributed by atoms with Crippen molar-refractivity contribution in [2.45, 2.75) is 38.1 Å². The van der Waals surface area contributed by atoms with Crippen molar-refractivity contribution in [2.24, 2.45) is 17.4 Å². The summed E-state index contributed by atoms with van der Waals surface area (Å²) in [5.74, 6) is 0.349. The Hall–Kier alpha value is -0.450. The molecule has 0 saturated carbocycles.